The van der Waals surface area contributed by atoms with Gasteiger partial charge in [-0.2, -0.15) is 0 Å². The Morgan fingerprint density at radius 1 is 1.00 bits per heavy atom. The first-order chi connectivity index (χ1) is 17.8. The van der Waals surface area contributed by atoms with E-state index in [1.54, 1.807) is 13.2 Å². The van der Waals surface area contributed by atoms with E-state index in [4.69, 9.17) is 9.47 Å². The predicted octanol–water partition coefficient (Wildman–Crippen LogP) is 2.56. The summed E-state index contributed by atoms with van der Waals surface area (Å²) in [6.45, 7) is 6.48. The first-order valence-corrected chi connectivity index (χ1v) is 13.9. The van der Waals surface area contributed by atoms with Crippen molar-refractivity contribution >= 4 is 21.7 Å². The Morgan fingerprint density at radius 3 is 2.41 bits per heavy atom. The van der Waals surface area contributed by atoms with Gasteiger partial charge in [-0.3, -0.25) is 9.69 Å². The molecular formula is C26H31N5O5S. The Bertz CT molecular complexity index is 1340. The van der Waals surface area contributed by atoms with E-state index in [9.17, 15) is 13.2 Å². The number of piperazine rings is 1. The zero-order valence-electron chi connectivity index (χ0n) is 21.2. The molecule has 1 fully saturated rings. The molecule has 37 heavy (non-hydrogen) atoms. The first kappa shape index (κ1) is 26.4. The summed E-state index contributed by atoms with van der Waals surface area (Å²) in [6, 6.07) is 17.5. The molecule has 1 aromatic heterocycles. The van der Waals surface area contributed by atoms with Crippen LogP contribution in [0.4, 0.5) is 5.82 Å². The van der Waals surface area contributed by atoms with Crippen molar-refractivity contribution in [3.05, 3.63) is 65.9 Å². The zero-order chi connectivity index (χ0) is 26.4. The number of benzene rings is 2. The molecule has 196 valence electrons. The highest BCUT2D eigenvalue weighted by molar-refractivity contribution is 7.89. The third kappa shape index (κ3) is 6.95. The second-order valence-corrected chi connectivity index (χ2v) is 10.5. The molecule has 0 radical (unpaired) electrons. The van der Waals surface area contributed by atoms with Gasteiger partial charge in [-0.25, -0.2) is 13.1 Å². The number of carbonyl (C=O) groups excluding carboxylic acids is 1. The summed E-state index contributed by atoms with van der Waals surface area (Å²) >= 11 is 0. The number of rotatable bonds is 9. The number of carbonyl (C=O) groups is 1. The molecule has 0 bridgehead atoms. The Kier molecular flexibility index (Phi) is 8.24. The van der Waals surface area contributed by atoms with Gasteiger partial charge in [0.2, 0.25) is 10.0 Å². The summed E-state index contributed by atoms with van der Waals surface area (Å²) in [7, 11) is -1.97. The lowest BCUT2D eigenvalue weighted by Crippen LogP contribution is -2.46. The molecule has 11 heteroatoms. The second kappa shape index (κ2) is 11.6. The average molecular weight is 526 g/mol. The summed E-state index contributed by atoms with van der Waals surface area (Å²) in [5.74, 6) is 1.54. The van der Waals surface area contributed by atoms with Gasteiger partial charge in [-0.05, 0) is 48.4 Å². The molecular weight excluding hydrogens is 494 g/mol. The maximum atomic E-state index is 11.9. The van der Waals surface area contributed by atoms with Crippen molar-refractivity contribution in [2.24, 2.45) is 0 Å². The van der Waals surface area contributed by atoms with Crippen LogP contribution in [0, 0.1) is 0 Å². The minimum absolute atomic E-state index is 0.0482. The van der Waals surface area contributed by atoms with Crippen LogP contribution in [0.2, 0.25) is 0 Å². The van der Waals surface area contributed by atoms with Crippen LogP contribution in [0.3, 0.4) is 0 Å². The van der Waals surface area contributed by atoms with Crippen LogP contribution in [-0.4, -0.2) is 75.6 Å². The molecule has 2 aromatic carbocycles. The smallest absolute Gasteiger partial charge is 0.285 e. The van der Waals surface area contributed by atoms with E-state index in [2.05, 4.69) is 44.3 Å². The van der Waals surface area contributed by atoms with Crippen molar-refractivity contribution in [1.82, 2.24) is 19.8 Å². The molecule has 1 N–H and O–H groups in total. The maximum Gasteiger partial charge on any atom is 0.285 e. The number of hydrogen-bond acceptors (Lipinski definition) is 9. The minimum atomic E-state index is -3.66. The van der Waals surface area contributed by atoms with Crippen molar-refractivity contribution in [2.45, 2.75) is 13.5 Å². The standard InChI is InChI=1S/C26H31N5O5S/c1-4-36-22-7-5-6-19(16-22)20-8-9-21(24(17-20)35-2)18-30-12-14-31(15-13-30)25-11-10-23(27-28-25)26(32)29-37(3,33)34/h5-11,16-17H,4,12-15,18H2,1-3H3,(H,29,32). The summed E-state index contributed by atoms with van der Waals surface area (Å²) < 4.78 is 35.7. The number of hydrogen-bond donors (Lipinski definition) is 1. The Morgan fingerprint density at radius 2 is 1.76 bits per heavy atom. The molecule has 0 spiro atoms. The average Bonchev–Trinajstić information content (AvgIpc) is 2.89. The number of sulfonamides is 1. The van der Waals surface area contributed by atoms with Crippen molar-refractivity contribution in [3.8, 4) is 22.6 Å². The highest BCUT2D eigenvalue weighted by Crippen LogP contribution is 2.30. The SMILES string of the molecule is CCOc1cccc(-c2ccc(CN3CCN(c4ccc(C(=O)NS(C)(=O)=O)nn4)CC3)c(OC)c2)c1. The molecule has 0 aliphatic carbocycles. The quantitative estimate of drug-likeness (QED) is 0.450. The van der Waals surface area contributed by atoms with E-state index in [1.807, 2.05) is 29.8 Å². The van der Waals surface area contributed by atoms with Crippen molar-refractivity contribution in [1.29, 1.82) is 0 Å². The maximum absolute atomic E-state index is 11.9. The first-order valence-electron chi connectivity index (χ1n) is 12.0. The number of amides is 1. The van der Waals surface area contributed by atoms with Crippen LogP contribution in [-0.2, 0) is 16.6 Å². The van der Waals surface area contributed by atoms with E-state index < -0.39 is 15.9 Å². The van der Waals surface area contributed by atoms with Crippen LogP contribution < -0.4 is 19.1 Å². The van der Waals surface area contributed by atoms with Gasteiger partial charge in [0.15, 0.2) is 11.5 Å². The number of nitrogens with zero attached hydrogens (tertiary/aromatic N) is 4. The predicted molar refractivity (Wildman–Crippen MR) is 141 cm³/mol. The Hall–Kier alpha value is -3.70. The van der Waals surface area contributed by atoms with Gasteiger partial charge in [0.1, 0.15) is 11.5 Å². The summed E-state index contributed by atoms with van der Waals surface area (Å²) in [6.07, 6.45) is 0.915. The van der Waals surface area contributed by atoms with Gasteiger partial charge in [0.25, 0.3) is 5.91 Å². The Labute approximate surface area is 217 Å². The van der Waals surface area contributed by atoms with E-state index in [0.717, 1.165) is 67.2 Å². The van der Waals surface area contributed by atoms with Crippen LogP contribution in [0.1, 0.15) is 23.0 Å². The van der Waals surface area contributed by atoms with E-state index in [0.29, 0.717) is 12.4 Å². The largest absolute Gasteiger partial charge is 0.496 e. The highest BCUT2D eigenvalue weighted by Gasteiger charge is 2.21. The summed E-state index contributed by atoms with van der Waals surface area (Å²) in [5, 5.41) is 8.01. The van der Waals surface area contributed by atoms with Gasteiger partial charge < -0.3 is 14.4 Å². The molecule has 0 atom stereocenters. The minimum Gasteiger partial charge on any atom is -0.496 e. The third-order valence-corrected chi connectivity index (χ3v) is 6.57. The van der Waals surface area contributed by atoms with Crippen molar-refractivity contribution in [2.75, 3.05) is 51.1 Å². The molecule has 3 aromatic rings. The molecule has 1 amide bonds. The van der Waals surface area contributed by atoms with Crippen LogP contribution in [0.25, 0.3) is 11.1 Å². The number of methoxy groups -OCH3 is 1. The van der Waals surface area contributed by atoms with E-state index in [1.165, 1.54) is 6.07 Å². The van der Waals surface area contributed by atoms with Gasteiger partial charge in [-0.15, -0.1) is 10.2 Å². The van der Waals surface area contributed by atoms with Crippen LogP contribution in [0.15, 0.2) is 54.6 Å². The number of aromatic nitrogens is 2. The van der Waals surface area contributed by atoms with E-state index in [-0.39, 0.29) is 5.69 Å². The van der Waals surface area contributed by atoms with Crippen molar-refractivity contribution < 1.29 is 22.7 Å². The van der Waals surface area contributed by atoms with E-state index >= 15 is 0 Å². The summed E-state index contributed by atoms with van der Waals surface area (Å²) in [4.78, 5) is 16.4. The van der Waals surface area contributed by atoms with Gasteiger partial charge in [-0.1, -0.05) is 24.3 Å². The fraction of sp³-hybridized carbons (Fsp3) is 0.346. The lowest BCUT2D eigenvalue weighted by molar-refractivity contribution is 0.0976. The lowest BCUT2D eigenvalue weighted by atomic mass is 10.0. The lowest BCUT2D eigenvalue weighted by Gasteiger charge is -2.35. The van der Waals surface area contributed by atoms with Crippen LogP contribution >= 0.6 is 0 Å². The molecule has 1 saturated heterocycles. The highest BCUT2D eigenvalue weighted by atomic mass is 32.2. The Balaban J connectivity index is 1.36. The van der Waals surface area contributed by atoms with Gasteiger partial charge in [0.05, 0.1) is 20.0 Å². The normalized spacial score (nSPS) is 14.3. The van der Waals surface area contributed by atoms with Crippen LogP contribution in [0.5, 0.6) is 11.5 Å². The number of ether oxygens (including phenoxy) is 2. The molecule has 1 aliphatic rings. The number of anilines is 1. The van der Waals surface area contributed by atoms with Gasteiger partial charge >= 0.3 is 0 Å². The second-order valence-electron chi connectivity index (χ2n) is 8.73. The summed E-state index contributed by atoms with van der Waals surface area (Å²) in [5.41, 5.74) is 3.21. The molecule has 0 unspecified atom stereocenters. The molecule has 10 nitrogen and oxygen atoms in total. The number of nitrogens with one attached hydrogen (secondary N) is 1. The monoisotopic (exact) mass is 525 g/mol. The van der Waals surface area contributed by atoms with Crippen molar-refractivity contribution in [3.63, 3.8) is 0 Å². The third-order valence-electron chi connectivity index (χ3n) is 6.02. The zero-order valence-corrected chi connectivity index (χ0v) is 22.0. The fourth-order valence-corrected chi connectivity index (χ4v) is 4.64. The topological polar surface area (TPSA) is 114 Å². The fourth-order valence-electron chi connectivity index (χ4n) is 4.20. The molecule has 0 saturated carbocycles. The molecule has 2 heterocycles. The molecule has 4 rings (SSSR count). The van der Waals surface area contributed by atoms with Gasteiger partial charge in [0, 0.05) is 38.3 Å². The molecule has 1 aliphatic heterocycles.